The molecule has 6 N–H and O–H groups in total. The minimum atomic E-state index is -1.15. The fourth-order valence-corrected chi connectivity index (χ4v) is 5.32. The molecule has 0 fully saturated rings. The van der Waals surface area contributed by atoms with Crippen molar-refractivity contribution in [2.45, 2.75) is 97.2 Å². The van der Waals surface area contributed by atoms with Gasteiger partial charge in [-0.3, -0.25) is 19.2 Å². The van der Waals surface area contributed by atoms with Crippen LogP contribution in [0.1, 0.15) is 64.7 Å². The lowest BCUT2D eigenvalue weighted by molar-refractivity contribution is -0.149. The second-order valence-electron chi connectivity index (χ2n) is 14.6. The number of ether oxygens (including phenoxy) is 2. The van der Waals surface area contributed by atoms with Crippen LogP contribution in [0.4, 0.5) is 4.79 Å². The number of carbonyl (C=O) groups is 6. The molecule has 55 heavy (non-hydrogen) atoms. The first-order valence-electron chi connectivity index (χ1n) is 18.2. The van der Waals surface area contributed by atoms with Crippen LogP contribution in [0.25, 0.3) is 0 Å². The highest BCUT2D eigenvalue weighted by atomic mass is 16.6. The van der Waals surface area contributed by atoms with Gasteiger partial charge in [0, 0.05) is 12.8 Å². The zero-order valence-electron chi connectivity index (χ0n) is 32.2. The molecule has 0 saturated heterocycles. The lowest BCUT2D eigenvalue weighted by Gasteiger charge is -2.25. The summed E-state index contributed by atoms with van der Waals surface area (Å²) in [4.78, 5) is 78.9. The predicted molar refractivity (Wildman–Crippen MR) is 205 cm³/mol. The number of benzene rings is 3. The van der Waals surface area contributed by atoms with Gasteiger partial charge < -0.3 is 41.2 Å². The third-order valence-corrected chi connectivity index (χ3v) is 8.03. The molecule has 0 radical (unpaired) electrons. The Bertz CT molecular complexity index is 1730. The number of nitrogens with one attached hydrogen (secondary N) is 5. The zero-order chi connectivity index (χ0) is 40.5. The summed E-state index contributed by atoms with van der Waals surface area (Å²) in [5.41, 5.74) is 1.33. The number of amides is 5. The van der Waals surface area contributed by atoms with E-state index in [4.69, 9.17) is 9.47 Å². The van der Waals surface area contributed by atoms with Crippen LogP contribution in [0, 0.1) is 5.92 Å². The number of carbonyl (C=O) groups excluding carboxylic acids is 6. The molecule has 296 valence electrons. The molecule has 0 aliphatic carbocycles. The van der Waals surface area contributed by atoms with Gasteiger partial charge in [0.05, 0.1) is 6.54 Å². The third-order valence-electron chi connectivity index (χ3n) is 8.03. The molecule has 0 aliphatic rings. The van der Waals surface area contributed by atoms with E-state index >= 15 is 0 Å². The average molecular weight is 760 g/mol. The summed E-state index contributed by atoms with van der Waals surface area (Å²) in [6.07, 6.45) is -0.419. The van der Waals surface area contributed by atoms with Gasteiger partial charge in [0.2, 0.25) is 23.6 Å². The summed E-state index contributed by atoms with van der Waals surface area (Å²) in [7, 11) is 0. The van der Waals surface area contributed by atoms with Gasteiger partial charge in [0.1, 0.15) is 42.1 Å². The highest BCUT2D eigenvalue weighted by Gasteiger charge is 2.30. The van der Waals surface area contributed by atoms with Crippen LogP contribution in [0.5, 0.6) is 5.75 Å². The first kappa shape index (κ1) is 43.5. The summed E-state index contributed by atoms with van der Waals surface area (Å²) in [5.74, 6) is -3.23. The molecule has 0 spiro atoms. The average Bonchev–Trinajstić information content (AvgIpc) is 3.12. The Hall–Kier alpha value is -5.92. The molecule has 0 aliphatic heterocycles. The molecule has 3 rings (SSSR count). The molecule has 3 aromatic carbocycles. The SMILES string of the molecule is CC(C)C[C@H](NC(=O)[C@H](Cc1ccccc1)NC(=O)CNC(=O)[C@H](C)NC(=O)[C@H](Cc1ccc(O)cc1)NC(=O)OC(C)(C)C)C(=O)OCc1ccccc1. The summed E-state index contributed by atoms with van der Waals surface area (Å²) in [6.45, 7) is 9.76. The van der Waals surface area contributed by atoms with E-state index in [1.165, 1.54) is 19.1 Å². The fraction of sp³-hybridized carbons (Fsp3) is 0.415. The van der Waals surface area contributed by atoms with Crippen molar-refractivity contribution in [3.05, 3.63) is 102 Å². The Balaban J connectivity index is 1.64. The van der Waals surface area contributed by atoms with E-state index < -0.39 is 72.0 Å². The number of hydrogen-bond donors (Lipinski definition) is 6. The van der Waals surface area contributed by atoms with Gasteiger partial charge in [-0.05, 0) is 68.9 Å². The summed E-state index contributed by atoms with van der Waals surface area (Å²) >= 11 is 0. The van der Waals surface area contributed by atoms with E-state index in [0.717, 1.165) is 11.1 Å². The van der Waals surface area contributed by atoms with E-state index in [0.29, 0.717) is 12.0 Å². The number of phenols is 1. The number of rotatable bonds is 18. The molecule has 0 unspecified atom stereocenters. The quantitative estimate of drug-likeness (QED) is 0.105. The minimum absolute atomic E-state index is 0.0236. The van der Waals surface area contributed by atoms with Gasteiger partial charge in [-0.2, -0.15) is 0 Å². The van der Waals surface area contributed by atoms with E-state index in [2.05, 4.69) is 26.6 Å². The van der Waals surface area contributed by atoms with Crippen LogP contribution < -0.4 is 26.6 Å². The van der Waals surface area contributed by atoms with Crippen molar-refractivity contribution >= 4 is 35.7 Å². The maximum absolute atomic E-state index is 13.7. The second kappa shape index (κ2) is 21.1. The molecule has 0 saturated carbocycles. The predicted octanol–water partition coefficient (Wildman–Crippen LogP) is 3.45. The number of esters is 1. The van der Waals surface area contributed by atoms with Crippen LogP contribution in [-0.2, 0) is 52.9 Å². The molecular weight excluding hydrogens is 706 g/mol. The largest absolute Gasteiger partial charge is 0.508 e. The maximum atomic E-state index is 13.7. The van der Waals surface area contributed by atoms with Gasteiger partial charge in [0.25, 0.3) is 0 Å². The molecule has 0 heterocycles. The summed E-state index contributed by atoms with van der Waals surface area (Å²) < 4.78 is 10.8. The van der Waals surface area contributed by atoms with Crippen molar-refractivity contribution in [3.8, 4) is 5.75 Å². The molecule has 0 aromatic heterocycles. The first-order chi connectivity index (χ1) is 26.0. The molecule has 14 heteroatoms. The fourth-order valence-electron chi connectivity index (χ4n) is 5.32. The van der Waals surface area contributed by atoms with Crippen molar-refractivity contribution in [2.24, 2.45) is 5.92 Å². The highest BCUT2D eigenvalue weighted by molar-refractivity contribution is 5.94. The molecule has 0 bridgehead atoms. The monoisotopic (exact) mass is 759 g/mol. The van der Waals surface area contributed by atoms with Gasteiger partial charge in [-0.25, -0.2) is 9.59 Å². The van der Waals surface area contributed by atoms with E-state index in [1.807, 2.05) is 50.2 Å². The second-order valence-corrected chi connectivity index (χ2v) is 14.6. The minimum Gasteiger partial charge on any atom is -0.508 e. The van der Waals surface area contributed by atoms with Crippen molar-refractivity contribution in [3.63, 3.8) is 0 Å². The number of hydrogen-bond acceptors (Lipinski definition) is 9. The standard InChI is InChI=1S/C41H53N5O9/c1-26(2)21-34(39(52)54-25-30-15-11-8-12-16-30)45-38(51)32(22-28-13-9-7-10-14-28)44-35(48)24-42-36(49)27(3)43-37(50)33(46-40(53)55-41(4,5)6)23-29-17-19-31(47)20-18-29/h7-20,26-27,32-34,47H,21-25H2,1-6H3,(H,42,49)(H,43,50)(H,44,48)(H,45,51)(H,46,53)/t27-,32-,33-,34-/m0/s1. The van der Waals surface area contributed by atoms with Gasteiger partial charge >= 0.3 is 12.1 Å². The number of phenolic OH excluding ortho intramolecular Hbond substituents is 1. The molecule has 4 atom stereocenters. The molecular formula is C41H53N5O9. The van der Waals surface area contributed by atoms with Crippen LogP contribution in [0.2, 0.25) is 0 Å². The number of alkyl carbamates (subject to hydrolysis) is 1. The maximum Gasteiger partial charge on any atom is 0.408 e. The van der Waals surface area contributed by atoms with Crippen molar-refractivity contribution < 1.29 is 43.3 Å². The van der Waals surface area contributed by atoms with Crippen molar-refractivity contribution in [2.75, 3.05) is 6.54 Å². The molecule has 5 amide bonds. The van der Waals surface area contributed by atoms with Gasteiger partial charge in [-0.1, -0.05) is 86.6 Å². The molecule has 14 nitrogen and oxygen atoms in total. The number of aromatic hydroxyl groups is 1. The topological polar surface area (TPSA) is 201 Å². The lowest BCUT2D eigenvalue weighted by Crippen LogP contribution is -2.56. The van der Waals surface area contributed by atoms with Crippen molar-refractivity contribution in [1.82, 2.24) is 26.6 Å². The molecule has 3 aromatic rings. The van der Waals surface area contributed by atoms with Crippen LogP contribution in [0.3, 0.4) is 0 Å². The van der Waals surface area contributed by atoms with Gasteiger partial charge in [0.15, 0.2) is 0 Å². The van der Waals surface area contributed by atoms with Crippen LogP contribution in [-0.4, -0.2) is 77.1 Å². The lowest BCUT2D eigenvalue weighted by atomic mass is 10.0. The Morgan fingerprint density at radius 2 is 1.16 bits per heavy atom. The van der Waals surface area contributed by atoms with E-state index in [1.54, 1.807) is 57.2 Å². The third kappa shape index (κ3) is 16.3. The Morgan fingerprint density at radius 1 is 0.636 bits per heavy atom. The van der Waals surface area contributed by atoms with Gasteiger partial charge in [-0.15, -0.1) is 0 Å². The highest BCUT2D eigenvalue weighted by Crippen LogP contribution is 2.14. The van der Waals surface area contributed by atoms with Crippen LogP contribution >= 0.6 is 0 Å². The van der Waals surface area contributed by atoms with E-state index in [-0.39, 0.29) is 31.1 Å². The summed E-state index contributed by atoms with van der Waals surface area (Å²) in [5, 5.41) is 22.6. The van der Waals surface area contributed by atoms with Crippen LogP contribution in [0.15, 0.2) is 84.9 Å². The Kier molecular flexibility index (Phi) is 16.7. The Labute approximate surface area is 322 Å². The van der Waals surface area contributed by atoms with E-state index in [9.17, 15) is 33.9 Å². The van der Waals surface area contributed by atoms with Crippen molar-refractivity contribution in [1.29, 1.82) is 0 Å². The normalized spacial score (nSPS) is 13.3. The Morgan fingerprint density at radius 3 is 1.73 bits per heavy atom. The summed E-state index contributed by atoms with van der Waals surface area (Å²) in [6, 6.07) is 19.9. The first-order valence-corrected chi connectivity index (χ1v) is 18.2. The smallest absolute Gasteiger partial charge is 0.408 e. The zero-order valence-corrected chi connectivity index (χ0v) is 32.2.